The molecule has 0 aromatic carbocycles. The van der Waals surface area contributed by atoms with Gasteiger partial charge in [0.1, 0.15) is 0 Å². The minimum atomic E-state index is -0.580. The van der Waals surface area contributed by atoms with Crippen molar-refractivity contribution in [2.75, 3.05) is 0 Å². The zero-order valence-electron chi connectivity index (χ0n) is 6.94. The van der Waals surface area contributed by atoms with E-state index in [0.717, 1.165) is 0 Å². The first-order valence-electron chi connectivity index (χ1n) is 3.66. The van der Waals surface area contributed by atoms with E-state index in [1.807, 2.05) is 0 Å². The van der Waals surface area contributed by atoms with Crippen molar-refractivity contribution in [2.45, 2.75) is 41.9 Å². The Bertz CT molecular complexity index is 51.8. The molecule has 0 aliphatic heterocycles. The monoisotopic (exact) mass is 294 g/mol. The van der Waals surface area contributed by atoms with Gasteiger partial charge >= 0.3 is 78.2 Å². The van der Waals surface area contributed by atoms with Crippen LogP contribution in [0.1, 0.15) is 20.8 Å². The average Bonchev–Trinajstić information content (AvgIpc) is 1.95. The fraction of sp³-hybridized carbons (Fsp3) is 1.00. The molecule has 0 spiro atoms. The minimum absolute atomic E-state index is 0.580. The van der Waals surface area contributed by atoms with Crippen molar-refractivity contribution < 1.29 is 33.2 Å². The van der Waals surface area contributed by atoms with Crippen molar-refractivity contribution in [2.24, 2.45) is 0 Å². The third kappa shape index (κ3) is 2.93. The van der Waals surface area contributed by atoms with Gasteiger partial charge in [-0.2, -0.15) is 0 Å². The summed E-state index contributed by atoms with van der Waals surface area (Å²) in [6.07, 6.45) is 0. The molecule has 0 heterocycles. The Labute approximate surface area is 77.3 Å². The molecule has 0 aromatic heterocycles. The molecule has 0 fully saturated rings. The topological polar surface area (TPSA) is 0 Å². The predicted octanol–water partition coefficient (Wildman–Crippen LogP) is 3.12. The van der Waals surface area contributed by atoms with Crippen LogP contribution in [0.3, 0.4) is 0 Å². The van der Waals surface area contributed by atoms with Crippen LogP contribution in [0.4, 0.5) is 0 Å². The van der Waals surface area contributed by atoms with Crippen LogP contribution in [0.15, 0.2) is 0 Å². The molecule has 0 radical (unpaired) electrons. The Morgan fingerprint density at radius 2 is 1.33 bits per heavy atom. The molecule has 0 aliphatic carbocycles. The molecule has 2 heteroatoms. The van der Waals surface area contributed by atoms with E-state index in [2.05, 4.69) is 23.7 Å². The van der Waals surface area contributed by atoms with E-state index in [0.29, 0.717) is 33.2 Å². The summed E-state index contributed by atoms with van der Waals surface area (Å²) in [6.45, 7) is 7.17. The Balaban J connectivity index is 3.82. The zero-order valence-corrected chi connectivity index (χ0v) is 9.97. The van der Waals surface area contributed by atoms with E-state index in [1.54, 1.807) is 0 Å². The number of rotatable bonds is 4. The summed E-state index contributed by atoms with van der Waals surface area (Å²) in [5.41, 5.74) is 0. The molecule has 0 rings (SSSR count). The molecule has 0 aromatic rings. The maximum atomic E-state index is 2.47. The molecular formula is C7H18DySi. The Morgan fingerprint density at radius 3 is 1.33 bits per heavy atom. The SMILES string of the molecule is CC[Si](CC)(CC)[Dy][CH3]. The molecule has 0 nitrogen and oxygen atoms in total. The summed E-state index contributed by atoms with van der Waals surface area (Å²) >= 11 is 0.584. The summed E-state index contributed by atoms with van der Waals surface area (Å²) in [6, 6.07) is 4.60. The van der Waals surface area contributed by atoms with Gasteiger partial charge in [0.15, 0.2) is 0 Å². The molecule has 0 saturated heterocycles. The van der Waals surface area contributed by atoms with Gasteiger partial charge in [0.2, 0.25) is 0 Å². The first kappa shape index (κ1) is 10.5. The Morgan fingerprint density at radius 1 is 1.00 bits per heavy atom. The second kappa shape index (κ2) is 5.18. The molecule has 0 unspecified atom stereocenters. The molecule has 0 N–H and O–H groups in total. The normalized spacial score (nSPS) is 12.4. The van der Waals surface area contributed by atoms with Gasteiger partial charge in [0.05, 0.1) is 0 Å². The third-order valence-electron chi connectivity index (χ3n) is 2.17. The number of hydrogen-bond acceptors (Lipinski definition) is 0. The molecule has 0 aliphatic rings. The Hall–Kier alpha value is 1.49. The van der Waals surface area contributed by atoms with Crippen LogP contribution < -0.4 is 0 Å². The molecular weight excluding hydrogens is 275 g/mol. The van der Waals surface area contributed by atoms with Crippen molar-refractivity contribution >= 4 is 3.14 Å². The Kier molecular flexibility index (Phi) is 6.04. The van der Waals surface area contributed by atoms with E-state index in [-0.39, 0.29) is 0 Å². The second-order valence-electron chi connectivity index (χ2n) is 2.30. The van der Waals surface area contributed by atoms with E-state index in [9.17, 15) is 0 Å². The van der Waals surface area contributed by atoms with Crippen LogP contribution in [-0.4, -0.2) is 3.14 Å². The van der Waals surface area contributed by atoms with Crippen LogP contribution in [-0.2, 0) is 0 Å². The number of hydrogen-bond donors (Lipinski definition) is 0. The van der Waals surface area contributed by atoms with Crippen LogP contribution >= 0.6 is 0 Å². The maximum absolute atomic E-state index is 2.47. The van der Waals surface area contributed by atoms with Gasteiger partial charge in [-0.05, 0) is 0 Å². The van der Waals surface area contributed by atoms with Gasteiger partial charge in [0, 0.05) is 0 Å². The van der Waals surface area contributed by atoms with Crippen molar-refractivity contribution in [1.82, 2.24) is 0 Å². The third-order valence-corrected chi connectivity index (χ3v) is 19.4. The fourth-order valence-corrected chi connectivity index (χ4v) is 9.71. The first-order chi connectivity index (χ1) is 4.24. The molecule has 0 amide bonds. The van der Waals surface area contributed by atoms with E-state index >= 15 is 0 Å². The van der Waals surface area contributed by atoms with E-state index in [4.69, 9.17) is 0 Å². The van der Waals surface area contributed by atoms with Crippen LogP contribution in [0, 0.1) is 33.2 Å². The van der Waals surface area contributed by atoms with Crippen molar-refractivity contribution in [1.29, 1.82) is 0 Å². The predicted molar refractivity (Wildman–Crippen MR) is 43.1 cm³/mol. The van der Waals surface area contributed by atoms with Gasteiger partial charge in [-0.3, -0.25) is 0 Å². The van der Waals surface area contributed by atoms with E-state index in [1.165, 1.54) is 18.1 Å². The summed E-state index contributed by atoms with van der Waals surface area (Å²) < 4.78 is 1.89. The summed E-state index contributed by atoms with van der Waals surface area (Å²) in [5, 5.41) is 0. The van der Waals surface area contributed by atoms with Crippen molar-refractivity contribution in [3.63, 3.8) is 0 Å². The quantitative estimate of drug-likeness (QED) is 0.699. The van der Waals surface area contributed by atoms with Crippen molar-refractivity contribution in [3.05, 3.63) is 0 Å². The van der Waals surface area contributed by atoms with Gasteiger partial charge in [-0.1, -0.05) is 0 Å². The van der Waals surface area contributed by atoms with Gasteiger partial charge < -0.3 is 0 Å². The molecule has 9 heavy (non-hydrogen) atoms. The summed E-state index contributed by atoms with van der Waals surface area (Å²) in [4.78, 5) is 0. The molecule has 0 atom stereocenters. The standard InChI is InChI=1S/C6H15Si.CH3.Dy/c1-4-7(5-2)6-3;;/h4-6H2,1-3H3;1H3;. The van der Waals surface area contributed by atoms with Crippen molar-refractivity contribution in [3.8, 4) is 0 Å². The zero-order chi connectivity index (χ0) is 7.33. The van der Waals surface area contributed by atoms with Gasteiger partial charge in [-0.15, -0.1) is 0 Å². The van der Waals surface area contributed by atoms with Crippen LogP contribution in [0.25, 0.3) is 0 Å². The summed E-state index contributed by atoms with van der Waals surface area (Å²) in [7, 11) is 0. The molecule has 0 bridgehead atoms. The average molecular weight is 293 g/mol. The first-order valence-corrected chi connectivity index (χ1v) is 11.2. The molecule has 60 valence electrons. The molecule has 0 saturated carbocycles. The van der Waals surface area contributed by atoms with Gasteiger partial charge in [-0.25, -0.2) is 0 Å². The summed E-state index contributed by atoms with van der Waals surface area (Å²) in [5.74, 6) is 0. The van der Waals surface area contributed by atoms with E-state index < -0.39 is 3.14 Å². The fourth-order valence-electron chi connectivity index (χ4n) is 1.09. The van der Waals surface area contributed by atoms with Crippen LogP contribution in [0.2, 0.25) is 21.1 Å². The van der Waals surface area contributed by atoms with Gasteiger partial charge in [0.25, 0.3) is 0 Å². The second-order valence-corrected chi connectivity index (χ2v) is 16.4. The van der Waals surface area contributed by atoms with Crippen LogP contribution in [0.5, 0.6) is 0 Å².